The smallest absolute Gasteiger partial charge is 0.264 e. The number of halogens is 2. The maximum Gasteiger partial charge on any atom is 0.264 e. The number of hydroxylamine groups is 1. The molecule has 1 fully saturated rings. The van der Waals surface area contributed by atoms with Crippen LogP contribution in [0, 0.1) is 0 Å². The molecule has 0 radical (unpaired) electrons. The van der Waals surface area contributed by atoms with Crippen LogP contribution in [0.3, 0.4) is 0 Å². The minimum atomic E-state index is -4.31. The summed E-state index contributed by atoms with van der Waals surface area (Å²) in [4.78, 5) is 25.0. The van der Waals surface area contributed by atoms with Gasteiger partial charge >= 0.3 is 0 Å². The second-order valence-electron chi connectivity index (χ2n) is 10.5. The van der Waals surface area contributed by atoms with Crippen LogP contribution in [0.2, 0.25) is 5.02 Å². The highest BCUT2D eigenvalue weighted by atomic mass is 79.9. The van der Waals surface area contributed by atoms with Gasteiger partial charge in [0.05, 0.1) is 27.0 Å². The molecule has 0 saturated heterocycles. The Morgan fingerprint density at radius 3 is 2.56 bits per heavy atom. The summed E-state index contributed by atoms with van der Waals surface area (Å²) in [6.45, 7) is 0.406. The molecule has 1 aliphatic carbocycles. The van der Waals surface area contributed by atoms with Crippen LogP contribution in [0.4, 0.5) is 5.69 Å². The molecule has 45 heavy (non-hydrogen) atoms. The molecular weight excluding hydrogens is 706 g/mol. The quantitative estimate of drug-likeness (QED) is 0.0690. The van der Waals surface area contributed by atoms with E-state index in [1.165, 1.54) is 47.7 Å². The summed E-state index contributed by atoms with van der Waals surface area (Å²) in [5.41, 5.74) is 9.67. The minimum Gasteiger partial charge on any atom is -0.330 e. The molecule has 1 aromatic heterocycles. The number of rotatable bonds is 14. The fourth-order valence-electron chi connectivity index (χ4n) is 4.89. The zero-order chi connectivity index (χ0) is 32.1. The van der Waals surface area contributed by atoms with Gasteiger partial charge in [-0.3, -0.25) is 14.2 Å². The standard InChI is InChI=1S/C29H31BrClN7O5S2/c30-28-34-35-29(38(28)25-13-11-19(17-8-9-17)20-5-1-2-6-21(20)25)44-16-26(39)33-23-12-10-18(15-22(23)31)45(42,43)37-27(40)24(36-41)7-3-4-14-32/h1-2,5-6,10-13,15,17,24,36,41H,3-4,7-9,14,16,32H2,(H,33,39)(H,37,40)/t24-/m0/s1. The SMILES string of the molecule is NCCCC[C@H](NO)C(=O)NS(=O)(=O)c1ccc(NC(=O)CSc2nnc(Br)n2-c2ccc(C3CC3)c3ccccc23)c(Cl)c1. The number of thioether (sulfide) groups is 1. The molecule has 6 N–H and O–H groups in total. The lowest BCUT2D eigenvalue weighted by Crippen LogP contribution is -2.45. The summed E-state index contributed by atoms with van der Waals surface area (Å²) in [7, 11) is -4.31. The predicted molar refractivity (Wildman–Crippen MR) is 176 cm³/mol. The van der Waals surface area contributed by atoms with Crippen LogP contribution in [0.5, 0.6) is 0 Å². The molecule has 0 spiro atoms. The van der Waals surface area contributed by atoms with E-state index in [4.69, 9.17) is 17.3 Å². The second-order valence-corrected chi connectivity index (χ2v) is 14.2. The van der Waals surface area contributed by atoms with Crippen LogP contribution in [0.1, 0.15) is 43.6 Å². The lowest BCUT2D eigenvalue weighted by molar-refractivity contribution is -0.124. The summed E-state index contributed by atoms with van der Waals surface area (Å²) in [6.07, 6.45) is 3.69. The first-order valence-corrected chi connectivity index (χ1v) is 17.8. The molecule has 1 saturated carbocycles. The van der Waals surface area contributed by atoms with Crippen molar-refractivity contribution in [3.8, 4) is 5.69 Å². The maximum absolute atomic E-state index is 12.9. The fourth-order valence-corrected chi connectivity index (χ4v) is 7.53. The first-order chi connectivity index (χ1) is 21.6. The Morgan fingerprint density at radius 2 is 1.87 bits per heavy atom. The average Bonchev–Trinajstić information content (AvgIpc) is 3.80. The molecule has 1 aliphatic rings. The van der Waals surface area contributed by atoms with E-state index in [0.717, 1.165) is 17.1 Å². The third kappa shape index (κ3) is 7.85. The van der Waals surface area contributed by atoms with Gasteiger partial charge in [-0.25, -0.2) is 13.1 Å². The third-order valence-corrected chi connectivity index (χ3v) is 10.4. The van der Waals surface area contributed by atoms with Crippen LogP contribution in [0.15, 0.2) is 69.4 Å². The number of unbranched alkanes of at least 4 members (excludes halogenated alkanes) is 1. The molecule has 1 heterocycles. The van der Waals surface area contributed by atoms with E-state index in [-0.39, 0.29) is 27.8 Å². The van der Waals surface area contributed by atoms with Crippen molar-refractivity contribution in [3.63, 3.8) is 0 Å². The summed E-state index contributed by atoms with van der Waals surface area (Å²) in [5.74, 6) is -0.778. The molecule has 238 valence electrons. The van der Waals surface area contributed by atoms with Crippen molar-refractivity contribution in [1.29, 1.82) is 0 Å². The number of fused-ring (bicyclic) bond motifs is 1. The van der Waals surface area contributed by atoms with Gasteiger partial charge in [0.2, 0.25) is 10.6 Å². The second kappa shape index (κ2) is 14.6. The van der Waals surface area contributed by atoms with Crippen molar-refractivity contribution in [2.45, 2.75) is 54.1 Å². The van der Waals surface area contributed by atoms with Gasteiger partial charge in [0.1, 0.15) is 6.04 Å². The van der Waals surface area contributed by atoms with E-state index in [9.17, 15) is 23.2 Å². The number of nitrogens with two attached hydrogens (primary N) is 1. The van der Waals surface area contributed by atoms with Crippen LogP contribution in [-0.2, 0) is 19.6 Å². The Hall–Kier alpha value is -3.05. The van der Waals surface area contributed by atoms with Gasteiger partial charge in [-0.05, 0) is 89.3 Å². The number of aromatic nitrogens is 3. The van der Waals surface area contributed by atoms with Crippen molar-refractivity contribution in [1.82, 2.24) is 25.0 Å². The Bertz CT molecular complexity index is 1840. The van der Waals surface area contributed by atoms with E-state index >= 15 is 0 Å². The summed E-state index contributed by atoms with van der Waals surface area (Å²) in [5, 5.41) is 23.1. The number of nitrogens with zero attached hydrogens (tertiary/aromatic N) is 3. The first-order valence-electron chi connectivity index (χ1n) is 14.1. The van der Waals surface area contributed by atoms with E-state index < -0.39 is 27.9 Å². The third-order valence-electron chi connectivity index (χ3n) is 7.30. The summed E-state index contributed by atoms with van der Waals surface area (Å²) < 4.78 is 29.9. The number of benzene rings is 3. The highest BCUT2D eigenvalue weighted by Gasteiger charge is 2.27. The van der Waals surface area contributed by atoms with Crippen LogP contribution < -0.4 is 21.3 Å². The van der Waals surface area contributed by atoms with Crippen LogP contribution in [-0.4, -0.2) is 58.5 Å². The molecule has 1 atom stereocenters. The Morgan fingerprint density at radius 1 is 1.11 bits per heavy atom. The van der Waals surface area contributed by atoms with Crippen molar-refractivity contribution in [3.05, 3.63) is 69.9 Å². The van der Waals surface area contributed by atoms with Gasteiger partial charge in [-0.2, -0.15) is 5.48 Å². The molecule has 4 aromatic rings. The van der Waals surface area contributed by atoms with E-state index in [0.29, 0.717) is 35.2 Å². The number of sulfonamides is 1. The average molecular weight is 737 g/mol. The maximum atomic E-state index is 12.9. The first kappa shape index (κ1) is 33.3. The van der Waals surface area contributed by atoms with Crippen LogP contribution >= 0.6 is 39.3 Å². The number of nitrogens with one attached hydrogen (secondary N) is 3. The molecule has 0 bridgehead atoms. The van der Waals surface area contributed by atoms with Gasteiger partial charge in [-0.1, -0.05) is 60.1 Å². The number of hydrogen-bond acceptors (Lipinski definition) is 10. The zero-order valence-electron chi connectivity index (χ0n) is 23.9. The monoisotopic (exact) mass is 735 g/mol. The van der Waals surface area contributed by atoms with Gasteiger partial charge in [0.15, 0.2) is 5.16 Å². The normalized spacial score (nSPS) is 14.0. The number of carbonyl (C=O) groups is 2. The highest BCUT2D eigenvalue weighted by Crippen LogP contribution is 2.44. The number of amides is 2. The lowest BCUT2D eigenvalue weighted by Gasteiger charge is -2.15. The predicted octanol–water partition coefficient (Wildman–Crippen LogP) is 4.73. The number of anilines is 1. The molecule has 3 aromatic carbocycles. The van der Waals surface area contributed by atoms with E-state index in [2.05, 4.69) is 55.7 Å². The number of carbonyl (C=O) groups excluding carboxylic acids is 2. The minimum absolute atomic E-state index is 0.0324. The van der Waals surface area contributed by atoms with E-state index in [1.54, 1.807) is 0 Å². The largest absolute Gasteiger partial charge is 0.330 e. The Balaban J connectivity index is 1.25. The van der Waals surface area contributed by atoms with Gasteiger partial charge in [-0.15, -0.1) is 10.2 Å². The number of hydrogen-bond donors (Lipinski definition) is 5. The van der Waals surface area contributed by atoms with Crippen molar-refractivity contribution in [2.75, 3.05) is 17.6 Å². The Labute approximate surface area is 277 Å². The highest BCUT2D eigenvalue weighted by molar-refractivity contribution is 9.10. The topological polar surface area (TPSA) is 181 Å². The molecular formula is C29H31BrClN7O5S2. The van der Waals surface area contributed by atoms with Crippen molar-refractivity contribution in [2.24, 2.45) is 5.73 Å². The fraction of sp³-hybridized carbons (Fsp3) is 0.310. The molecule has 5 rings (SSSR count). The van der Waals surface area contributed by atoms with Crippen molar-refractivity contribution < 1.29 is 23.2 Å². The van der Waals surface area contributed by atoms with Gasteiger partial charge in [0.25, 0.3) is 15.9 Å². The van der Waals surface area contributed by atoms with Crippen LogP contribution in [0.25, 0.3) is 16.5 Å². The molecule has 2 amide bonds. The van der Waals surface area contributed by atoms with Crippen molar-refractivity contribution >= 4 is 77.6 Å². The summed E-state index contributed by atoms with van der Waals surface area (Å²) in [6, 6.07) is 14.9. The Kier molecular flexibility index (Phi) is 10.8. The van der Waals surface area contributed by atoms with Gasteiger partial charge in [0, 0.05) is 5.39 Å². The lowest BCUT2D eigenvalue weighted by atomic mass is 9.99. The van der Waals surface area contributed by atoms with Gasteiger partial charge < -0.3 is 16.3 Å². The summed E-state index contributed by atoms with van der Waals surface area (Å²) >= 11 is 11.0. The van der Waals surface area contributed by atoms with E-state index in [1.807, 2.05) is 26.9 Å². The molecule has 16 heteroatoms. The zero-order valence-corrected chi connectivity index (χ0v) is 27.8. The molecule has 0 unspecified atom stereocenters. The molecule has 12 nitrogen and oxygen atoms in total. The molecule has 0 aliphatic heterocycles.